The standard InChI is InChI=1S/C27H28ClN3O4.CF2O/c1-33-27(32)21-14-29-24(13-23(21)28)31-18-9-10-19(31)12-20(11-18)34-15-22-25(16-5-3-2-4-6-16)30-35-26(22)17-7-8-17;2-1(3)4/h2-6,13-14,17-20H,7-12,15H2,1H3;/t18-,19?,20?;/m0./s1. The van der Waals surface area contributed by atoms with Crippen LogP contribution >= 0.6 is 11.6 Å². The number of benzene rings is 1. The number of nitrogens with zero attached hydrogens (tertiary/aromatic N) is 3. The Morgan fingerprint density at radius 3 is 2.36 bits per heavy atom. The van der Waals surface area contributed by atoms with Crippen molar-refractivity contribution in [2.24, 2.45) is 0 Å². The molecule has 206 valence electrons. The van der Waals surface area contributed by atoms with Crippen molar-refractivity contribution in [3.05, 3.63) is 64.5 Å². The molecule has 3 aliphatic rings. The first kappa shape index (κ1) is 27.2. The summed E-state index contributed by atoms with van der Waals surface area (Å²) in [4.78, 5) is 26.9. The largest absolute Gasteiger partial charge is 0.483 e. The summed E-state index contributed by atoms with van der Waals surface area (Å²) < 4.78 is 36.5. The number of ether oxygens (including phenoxy) is 2. The van der Waals surface area contributed by atoms with Crippen molar-refractivity contribution < 1.29 is 32.4 Å². The SMILES string of the molecule is COC(=O)c1cnc(N2C3CC[C@H]2CC(OCc2c(-c4ccccc4)noc2C2CC2)C3)cc1Cl.O=C(F)F. The number of piperidine rings is 1. The van der Waals surface area contributed by atoms with Crippen LogP contribution in [0.1, 0.15) is 66.1 Å². The first-order valence-electron chi connectivity index (χ1n) is 12.9. The van der Waals surface area contributed by atoms with E-state index in [-0.39, 0.29) is 11.7 Å². The van der Waals surface area contributed by atoms with Crippen LogP contribution in [0.25, 0.3) is 11.3 Å². The Bertz CT molecular complexity index is 1320. The number of carbonyl (C=O) groups is 2. The Morgan fingerprint density at radius 2 is 1.77 bits per heavy atom. The number of methoxy groups -OCH3 is 1. The number of hydrogen-bond acceptors (Lipinski definition) is 8. The molecule has 1 saturated carbocycles. The third kappa shape index (κ3) is 6.12. The van der Waals surface area contributed by atoms with Gasteiger partial charge in [0.2, 0.25) is 0 Å². The topological polar surface area (TPSA) is 94.8 Å². The van der Waals surface area contributed by atoms with Crippen molar-refractivity contribution >= 4 is 29.7 Å². The number of aromatic nitrogens is 2. The van der Waals surface area contributed by atoms with Crippen LogP contribution in [-0.4, -0.2) is 47.7 Å². The van der Waals surface area contributed by atoms with E-state index in [0.717, 1.165) is 66.9 Å². The highest BCUT2D eigenvalue weighted by molar-refractivity contribution is 6.33. The second-order valence-electron chi connectivity index (χ2n) is 9.95. The fourth-order valence-corrected chi connectivity index (χ4v) is 5.83. The van der Waals surface area contributed by atoms with Crippen LogP contribution in [0.3, 0.4) is 0 Å². The van der Waals surface area contributed by atoms with Crippen molar-refractivity contribution in [3.63, 3.8) is 0 Å². The van der Waals surface area contributed by atoms with Gasteiger partial charge in [0.05, 0.1) is 30.4 Å². The Hall–Kier alpha value is -3.37. The van der Waals surface area contributed by atoms with Gasteiger partial charge in [-0.2, -0.15) is 0 Å². The molecule has 3 aromatic rings. The van der Waals surface area contributed by atoms with Gasteiger partial charge < -0.3 is 18.9 Å². The molecule has 0 radical (unpaired) electrons. The average Bonchev–Trinajstić information content (AvgIpc) is 3.62. The van der Waals surface area contributed by atoms with Gasteiger partial charge in [-0.3, -0.25) is 0 Å². The lowest BCUT2D eigenvalue weighted by molar-refractivity contribution is 0.0146. The molecule has 2 saturated heterocycles. The fourth-order valence-electron chi connectivity index (χ4n) is 5.61. The minimum Gasteiger partial charge on any atom is -0.465 e. The number of anilines is 1. The Balaban J connectivity index is 0.000000723. The first-order chi connectivity index (χ1) is 18.9. The van der Waals surface area contributed by atoms with E-state index < -0.39 is 12.3 Å². The van der Waals surface area contributed by atoms with Crippen molar-refractivity contribution in [1.29, 1.82) is 0 Å². The van der Waals surface area contributed by atoms with E-state index in [1.807, 2.05) is 18.2 Å². The maximum absolute atomic E-state index is 11.9. The van der Waals surface area contributed by atoms with Gasteiger partial charge in [0, 0.05) is 41.4 Å². The molecular weight excluding hydrogens is 532 g/mol. The van der Waals surface area contributed by atoms with Crippen LogP contribution < -0.4 is 4.90 Å². The quantitative estimate of drug-likeness (QED) is 0.230. The summed E-state index contributed by atoms with van der Waals surface area (Å²) in [6.45, 7) is 0.515. The summed E-state index contributed by atoms with van der Waals surface area (Å²) >= 11 is 6.38. The van der Waals surface area contributed by atoms with Gasteiger partial charge in [-0.05, 0) is 38.5 Å². The molecule has 0 N–H and O–H groups in total. The molecular formula is C28H28ClF2N3O5. The first-order valence-corrected chi connectivity index (χ1v) is 13.3. The summed E-state index contributed by atoms with van der Waals surface area (Å²) in [7, 11) is 1.34. The fraction of sp³-hybridized carbons (Fsp3) is 0.429. The molecule has 0 spiro atoms. The van der Waals surface area contributed by atoms with Crippen LogP contribution in [0.4, 0.5) is 19.4 Å². The molecule has 11 heteroatoms. The van der Waals surface area contributed by atoms with E-state index in [9.17, 15) is 13.6 Å². The monoisotopic (exact) mass is 559 g/mol. The Morgan fingerprint density at radius 1 is 1.10 bits per heavy atom. The molecule has 3 atom stereocenters. The van der Waals surface area contributed by atoms with Crippen LogP contribution in [-0.2, 0) is 16.1 Å². The van der Waals surface area contributed by atoms with E-state index in [1.54, 1.807) is 6.07 Å². The lowest BCUT2D eigenvalue weighted by Crippen LogP contribution is -2.46. The molecule has 1 aromatic carbocycles. The number of esters is 1. The van der Waals surface area contributed by atoms with Crippen molar-refractivity contribution in [2.45, 2.75) is 69.2 Å². The number of fused-ring (bicyclic) bond motifs is 2. The van der Waals surface area contributed by atoms with E-state index in [1.165, 1.54) is 13.3 Å². The molecule has 6 rings (SSSR count). The highest BCUT2D eigenvalue weighted by atomic mass is 35.5. The maximum Gasteiger partial charge on any atom is 0.483 e. The van der Waals surface area contributed by atoms with Gasteiger partial charge in [-0.15, -0.1) is 8.78 Å². The van der Waals surface area contributed by atoms with Gasteiger partial charge in [0.25, 0.3) is 0 Å². The second-order valence-corrected chi connectivity index (χ2v) is 10.4. The molecule has 2 aromatic heterocycles. The molecule has 3 fully saturated rings. The number of hydrogen-bond donors (Lipinski definition) is 0. The number of halogens is 3. The molecule has 2 bridgehead atoms. The predicted octanol–water partition coefficient (Wildman–Crippen LogP) is 6.82. The molecule has 0 amide bonds. The Labute approximate surface area is 229 Å². The minimum absolute atomic E-state index is 0.166. The van der Waals surface area contributed by atoms with Gasteiger partial charge >= 0.3 is 12.3 Å². The number of carbonyl (C=O) groups excluding carboxylic acids is 2. The highest BCUT2D eigenvalue weighted by Gasteiger charge is 2.42. The third-order valence-corrected chi connectivity index (χ3v) is 7.79. The summed E-state index contributed by atoms with van der Waals surface area (Å²) in [5.74, 6) is 1.81. The van der Waals surface area contributed by atoms with Crippen molar-refractivity contribution in [1.82, 2.24) is 10.1 Å². The summed E-state index contributed by atoms with van der Waals surface area (Å²) in [5.41, 5.74) is 3.35. The summed E-state index contributed by atoms with van der Waals surface area (Å²) in [6, 6.07) is 12.7. The third-order valence-electron chi connectivity index (χ3n) is 7.48. The smallest absolute Gasteiger partial charge is 0.465 e. The minimum atomic E-state index is -2.83. The van der Waals surface area contributed by atoms with E-state index >= 15 is 0 Å². The van der Waals surface area contributed by atoms with E-state index in [4.69, 9.17) is 30.4 Å². The molecule has 4 heterocycles. The second kappa shape index (κ2) is 11.8. The van der Waals surface area contributed by atoms with Crippen LogP contribution in [0.5, 0.6) is 0 Å². The predicted molar refractivity (Wildman–Crippen MR) is 139 cm³/mol. The Kier molecular flexibility index (Phi) is 8.23. The van der Waals surface area contributed by atoms with E-state index in [2.05, 4.69) is 27.2 Å². The zero-order chi connectivity index (χ0) is 27.5. The van der Waals surface area contributed by atoms with Crippen LogP contribution in [0.15, 0.2) is 47.1 Å². The van der Waals surface area contributed by atoms with Crippen molar-refractivity contribution in [3.8, 4) is 11.3 Å². The van der Waals surface area contributed by atoms with Gasteiger partial charge in [0.15, 0.2) is 0 Å². The zero-order valence-corrected chi connectivity index (χ0v) is 22.1. The average molecular weight is 560 g/mol. The van der Waals surface area contributed by atoms with Crippen molar-refractivity contribution in [2.75, 3.05) is 12.0 Å². The molecule has 2 unspecified atom stereocenters. The van der Waals surface area contributed by atoms with Crippen LogP contribution in [0.2, 0.25) is 5.02 Å². The molecule has 2 aliphatic heterocycles. The van der Waals surface area contributed by atoms with Gasteiger partial charge in [0.1, 0.15) is 17.3 Å². The highest BCUT2D eigenvalue weighted by Crippen LogP contribution is 2.45. The maximum atomic E-state index is 11.9. The molecule has 8 nitrogen and oxygen atoms in total. The lowest BCUT2D eigenvalue weighted by atomic mass is 9.99. The summed E-state index contributed by atoms with van der Waals surface area (Å²) in [6.07, 6.45) is 5.21. The van der Waals surface area contributed by atoms with Gasteiger partial charge in [-0.1, -0.05) is 47.1 Å². The zero-order valence-electron chi connectivity index (χ0n) is 21.3. The normalized spacial score (nSPS) is 21.7. The number of pyridine rings is 1. The molecule has 39 heavy (non-hydrogen) atoms. The number of rotatable bonds is 7. The molecule has 1 aliphatic carbocycles. The van der Waals surface area contributed by atoms with Crippen LogP contribution in [0, 0.1) is 0 Å². The lowest BCUT2D eigenvalue weighted by Gasteiger charge is -2.39. The summed E-state index contributed by atoms with van der Waals surface area (Å²) in [5, 5.41) is 4.79. The van der Waals surface area contributed by atoms with Gasteiger partial charge in [-0.25, -0.2) is 14.6 Å². The van der Waals surface area contributed by atoms with E-state index in [0.29, 0.717) is 29.6 Å².